The van der Waals surface area contributed by atoms with Crippen LogP contribution in [0.2, 0.25) is 5.02 Å². The van der Waals surface area contributed by atoms with Crippen LogP contribution in [-0.4, -0.2) is 50.7 Å². The summed E-state index contributed by atoms with van der Waals surface area (Å²) in [5.41, 5.74) is 0.558. The molecule has 1 aromatic rings. The van der Waals surface area contributed by atoms with Crippen molar-refractivity contribution in [2.45, 2.75) is 33.1 Å². The number of amides is 1. The van der Waals surface area contributed by atoms with E-state index in [0.29, 0.717) is 41.2 Å². The minimum Gasteiger partial charge on any atom is -0.490 e. The lowest BCUT2D eigenvalue weighted by atomic mass is 9.97. The van der Waals surface area contributed by atoms with Crippen LogP contribution in [0.25, 0.3) is 0 Å². The van der Waals surface area contributed by atoms with Gasteiger partial charge >= 0.3 is 0 Å². The summed E-state index contributed by atoms with van der Waals surface area (Å²) >= 11 is 6.38. The number of carbonyl (C=O) groups excluding carboxylic acids is 1. The van der Waals surface area contributed by atoms with Crippen molar-refractivity contribution in [2.75, 3.05) is 39.9 Å². The zero-order valence-corrected chi connectivity index (χ0v) is 17.4. The van der Waals surface area contributed by atoms with E-state index in [1.54, 1.807) is 12.1 Å². The van der Waals surface area contributed by atoms with E-state index < -0.39 is 0 Å². The first-order valence-electron chi connectivity index (χ1n) is 9.13. The summed E-state index contributed by atoms with van der Waals surface area (Å²) in [6.07, 6.45) is 3.06. The zero-order chi connectivity index (χ0) is 18.2. The molecule has 1 aliphatic rings. The van der Waals surface area contributed by atoms with Crippen molar-refractivity contribution < 1.29 is 14.3 Å². The molecule has 0 bridgehead atoms. The number of hydrogen-bond acceptors (Lipinski definition) is 4. The Hall–Kier alpha value is -1.17. The third-order valence-corrected chi connectivity index (χ3v) is 4.59. The fourth-order valence-corrected chi connectivity index (χ4v) is 3.45. The highest BCUT2D eigenvalue weighted by molar-refractivity contribution is 6.32. The number of hydrogen-bond donors (Lipinski definition) is 1. The SMILES string of the molecule is CCCOc1c(Cl)cc(C(=O)N2CCCC(CNC)C2)cc1OCC.Cl. The Labute approximate surface area is 167 Å². The molecule has 26 heavy (non-hydrogen) atoms. The third kappa shape index (κ3) is 5.93. The summed E-state index contributed by atoms with van der Waals surface area (Å²) in [7, 11) is 1.95. The first-order valence-corrected chi connectivity index (χ1v) is 9.51. The maximum absolute atomic E-state index is 12.9. The molecule has 0 saturated carbocycles. The van der Waals surface area contributed by atoms with Crippen LogP contribution in [0, 0.1) is 5.92 Å². The van der Waals surface area contributed by atoms with Crippen molar-refractivity contribution in [2.24, 2.45) is 5.92 Å². The molecule has 1 atom stereocenters. The van der Waals surface area contributed by atoms with Crippen LogP contribution in [0.4, 0.5) is 0 Å². The van der Waals surface area contributed by atoms with E-state index in [-0.39, 0.29) is 18.3 Å². The Morgan fingerprint density at radius 1 is 1.35 bits per heavy atom. The van der Waals surface area contributed by atoms with Gasteiger partial charge in [-0.25, -0.2) is 0 Å². The van der Waals surface area contributed by atoms with Gasteiger partial charge in [0.05, 0.1) is 18.2 Å². The van der Waals surface area contributed by atoms with Crippen molar-refractivity contribution in [3.8, 4) is 11.5 Å². The predicted molar refractivity (Wildman–Crippen MR) is 108 cm³/mol. The number of nitrogens with one attached hydrogen (secondary N) is 1. The highest BCUT2D eigenvalue weighted by Gasteiger charge is 2.25. The minimum absolute atomic E-state index is 0. The summed E-state index contributed by atoms with van der Waals surface area (Å²) in [6, 6.07) is 3.45. The molecule has 0 spiro atoms. The topological polar surface area (TPSA) is 50.8 Å². The molecule has 1 saturated heterocycles. The first kappa shape index (κ1) is 22.9. The second kappa shape index (κ2) is 11.5. The Morgan fingerprint density at radius 2 is 2.12 bits per heavy atom. The lowest BCUT2D eigenvalue weighted by Crippen LogP contribution is -2.42. The second-order valence-electron chi connectivity index (χ2n) is 6.38. The molecular formula is C19H30Cl2N2O3. The maximum Gasteiger partial charge on any atom is 0.254 e. The molecule has 1 N–H and O–H groups in total. The van der Waals surface area contributed by atoms with Gasteiger partial charge in [-0.2, -0.15) is 0 Å². The Kier molecular flexibility index (Phi) is 10.1. The van der Waals surface area contributed by atoms with Crippen LogP contribution < -0.4 is 14.8 Å². The lowest BCUT2D eigenvalue weighted by molar-refractivity contribution is 0.0673. The van der Waals surface area contributed by atoms with Gasteiger partial charge in [-0.05, 0) is 57.8 Å². The van der Waals surface area contributed by atoms with E-state index in [0.717, 1.165) is 38.9 Å². The van der Waals surface area contributed by atoms with Gasteiger partial charge < -0.3 is 19.7 Å². The fraction of sp³-hybridized carbons (Fsp3) is 0.632. The smallest absolute Gasteiger partial charge is 0.254 e. The lowest BCUT2D eigenvalue weighted by Gasteiger charge is -2.33. The minimum atomic E-state index is 0. The number of halogens is 2. The van der Waals surface area contributed by atoms with Gasteiger partial charge in [-0.3, -0.25) is 4.79 Å². The summed E-state index contributed by atoms with van der Waals surface area (Å²) in [6.45, 7) is 7.47. The molecular weight excluding hydrogens is 375 g/mol. The number of carbonyl (C=O) groups is 1. The molecule has 0 aliphatic carbocycles. The average molecular weight is 405 g/mol. The van der Waals surface area contributed by atoms with Crippen LogP contribution in [-0.2, 0) is 0 Å². The van der Waals surface area contributed by atoms with Gasteiger partial charge in [0.2, 0.25) is 0 Å². The molecule has 0 radical (unpaired) electrons. The van der Waals surface area contributed by atoms with E-state index in [4.69, 9.17) is 21.1 Å². The molecule has 1 heterocycles. The van der Waals surface area contributed by atoms with Gasteiger partial charge in [-0.1, -0.05) is 18.5 Å². The molecule has 148 valence electrons. The molecule has 1 unspecified atom stereocenters. The van der Waals surface area contributed by atoms with Crippen LogP contribution >= 0.6 is 24.0 Å². The fourth-order valence-electron chi connectivity index (χ4n) is 3.19. The molecule has 0 aromatic heterocycles. The average Bonchev–Trinajstić information content (AvgIpc) is 2.61. The van der Waals surface area contributed by atoms with Crippen molar-refractivity contribution in [1.82, 2.24) is 10.2 Å². The highest BCUT2D eigenvalue weighted by Crippen LogP contribution is 2.37. The van der Waals surface area contributed by atoms with E-state index in [1.165, 1.54) is 0 Å². The normalized spacial score (nSPS) is 16.8. The second-order valence-corrected chi connectivity index (χ2v) is 6.79. The van der Waals surface area contributed by atoms with Gasteiger partial charge in [0.1, 0.15) is 0 Å². The Bertz CT molecular complexity index is 582. The number of likely N-dealkylation sites (tertiary alicyclic amines) is 1. The van der Waals surface area contributed by atoms with E-state index in [1.807, 2.05) is 25.8 Å². The van der Waals surface area contributed by atoms with Crippen LogP contribution in [0.3, 0.4) is 0 Å². The van der Waals surface area contributed by atoms with Gasteiger partial charge in [0.15, 0.2) is 11.5 Å². The number of ether oxygens (including phenoxy) is 2. The van der Waals surface area contributed by atoms with Gasteiger partial charge in [0, 0.05) is 18.7 Å². The van der Waals surface area contributed by atoms with E-state index in [2.05, 4.69) is 5.32 Å². The quantitative estimate of drug-likeness (QED) is 0.710. The summed E-state index contributed by atoms with van der Waals surface area (Å²) in [5, 5.41) is 3.63. The molecule has 2 rings (SSSR count). The molecule has 7 heteroatoms. The number of benzene rings is 1. The Morgan fingerprint density at radius 3 is 2.77 bits per heavy atom. The molecule has 1 aliphatic heterocycles. The van der Waals surface area contributed by atoms with E-state index >= 15 is 0 Å². The molecule has 5 nitrogen and oxygen atoms in total. The number of nitrogens with zero attached hydrogens (tertiary/aromatic N) is 1. The van der Waals surface area contributed by atoms with Gasteiger partial charge in [-0.15, -0.1) is 12.4 Å². The summed E-state index contributed by atoms with van der Waals surface area (Å²) < 4.78 is 11.4. The highest BCUT2D eigenvalue weighted by atomic mass is 35.5. The van der Waals surface area contributed by atoms with Crippen molar-refractivity contribution >= 4 is 29.9 Å². The standard InChI is InChI=1S/C19H29ClN2O3.ClH/c1-4-9-25-18-16(20)10-15(11-17(18)24-5-2)19(23)22-8-6-7-14(13-22)12-21-3;/h10-11,14,21H,4-9,12-13H2,1-3H3;1H. The Balaban J connectivity index is 0.00000338. The van der Waals surface area contributed by atoms with E-state index in [9.17, 15) is 4.79 Å². The first-order chi connectivity index (χ1) is 12.1. The molecule has 1 fully saturated rings. The van der Waals surface area contributed by atoms with Crippen LogP contribution in [0.5, 0.6) is 11.5 Å². The predicted octanol–water partition coefficient (Wildman–Crippen LogP) is 4.02. The molecule has 1 amide bonds. The monoisotopic (exact) mass is 404 g/mol. The zero-order valence-electron chi connectivity index (χ0n) is 15.8. The number of piperidine rings is 1. The maximum atomic E-state index is 12.9. The largest absolute Gasteiger partial charge is 0.490 e. The van der Waals surface area contributed by atoms with Crippen molar-refractivity contribution in [1.29, 1.82) is 0 Å². The van der Waals surface area contributed by atoms with Crippen LogP contribution in [0.15, 0.2) is 12.1 Å². The van der Waals surface area contributed by atoms with Crippen molar-refractivity contribution in [3.05, 3.63) is 22.7 Å². The van der Waals surface area contributed by atoms with Crippen LogP contribution in [0.1, 0.15) is 43.5 Å². The summed E-state index contributed by atoms with van der Waals surface area (Å²) in [5.74, 6) is 1.56. The van der Waals surface area contributed by atoms with Gasteiger partial charge in [0.25, 0.3) is 5.91 Å². The molecule has 1 aromatic carbocycles. The number of rotatable bonds is 8. The summed E-state index contributed by atoms with van der Waals surface area (Å²) in [4.78, 5) is 14.9. The third-order valence-electron chi connectivity index (χ3n) is 4.31. The van der Waals surface area contributed by atoms with Crippen molar-refractivity contribution in [3.63, 3.8) is 0 Å².